The van der Waals surface area contributed by atoms with Crippen LogP contribution in [0.2, 0.25) is 0 Å². The fourth-order valence-electron chi connectivity index (χ4n) is 1.51. The Balaban J connectivity index is 2.70. The van der Waals surface area contributed by atoms with Crippen molar-refractivity contribution in [3.05, 3.63) is 0 Å². The quantitative estimate of drug-likeness (QED) is 0.609. The van der Waals surface area contributed by atoms with Crippen molar-refractivity contribution < 1.29 is 9.59 Å². The largest absolute Gasteiger partial charge is 0.298 e. The van der Waals surface area contributed by atoms with Gasteiger partial charge in [0.05, 0.1) is 11.2 Å². The van der Waals surface area contributed by atoms with Gasteiger partial charge in [-0.1, -0.05) is 32.5 Å². The summed E-state index contributed by atoms with van der Waals surface area (Å²) in [6, 6.07) is 0. The SMILES string of the molecule is CC1SC(=O)C(CC(C)(C)C)C1=O. The predicted octanol–water partition coefficient (Wildman–Crippen LogP) is 2.27. The zero-order valence-electron chi connectivity index (χ0n) is 8.59. The molecule has 0 spiro atoms. The molecule has 1 heterocycles. The van der Waals surface area contributed by atoms with E-state index in [1.807, 2.05) is 6.92 Å². The maximum Gasteiger partial charge on any atom is 0.200 e. The van der Waals surface area contributed by atoms with Crippen molar-refractivity contribution in [2.75, 3.05) is 0 Å². The molecular weight excluding hydrogens is 184 g/mol. The van der Waals surface area contributed by atoms with Gasteiger partial charge in [0.15, 0.2) is 10.9 Å². The third kappa shape index (κ3) is 2.56. The number of thioether (sulfide) groups is 1. The molecule has 0 amide bonds. The molecule has 0 radical (unpaired) electrons. The standard InChI is InChI=1S/C10H16O2S/c1-6-8(11)7(9(12)13-6)5-10(2,3)4/h6-7H,5H2,1-4H3. The van der Waals surface area contributed by atoms with Crippen LogP contribution in [0.1, 0.15) is 34.1 Å². The molecule has 2 unspecified atom stereocenters. The van der Waals surface area contributed by atoms with Crippen molar-refractivity contribution in [3.8, 4) is 0 Å². The van der Waals surface area contributed by atoms with Gasteiger partial charge in [0.2, 0.25) is 0 Å². The summed E-state index contributed by atoms with van der Waals surface area (Å²) in [5.41, 5.74) is 0.0562. The summed E-state index contributed by atoms with van der Waals surface area (Å²) in [5, 5.41) is -0.0627. The number of carbonyl (C=O) groups is 2. The average Bonchev–Trinajstić information content (AvgIpc) is 2.14. The third-order valence-electron chi connectivity index (χ3n) is 2.14. The smallest absolute Gasteiger partial charge is 0.200 e. The molecule has 2 atom stereocenters. The van der Waals surface area contributed by atoms with Gasteiger partial charge in [-0.15, -0.1) is 0 Å². The molecule has 1 saturated heterocycles. The first-order chi connectivity index (χ1) is 5.81. The van der Waals surface area contributed by atoms with Crippen molar-refractivity contribution in [1.29, 1.82) is 0 Å². The number of hydrogen-bond acceptors (Lipinski definition) is 3. The van der Waals surface area contributed by atoms with E-state index in [0.29, 0.717) is 6.42 Å². The first-order valence-corrected chi connectivity index (χ1v) is 5.43. The van der Waals surface area contributed by atoms with Crippen LogP contribution >= 0.6 is 11.8 Å². The number of rotatable bonds is 1. The molecule has 1 aliphatic heterocycles. The van der Waals surface area contributed by atoms with Gasteiger partial charge in [-0.05, 0) is 18.8 Å². The van der Waals surface area contributed by atoms with Gasteiger partial charge in [0.25, 0.3) is 0 Å². The lowest BCUT2D eigenvalue weighted by molar-refractivity contribution is -0.127. The second kappa shape index (κ2) is 3.45. The molecule has 0 aromatic rings. The van der Waals surface area contributed by atoms with Gasteiger partial charge >= 0.3 is 0 Å². The number of carbonyl (C=O) groups excluding carboxylic acids is 2. The van der Waals surface area contributed by atoms with Gasteiger partial charge < -0.3 is 0 Å². The van der Waals surface area contributed by atoms with Crippen LogP contribution in [0.5, 0.6) is 0 Å². The number of hydrogen-bond donors (Lipinski definition) is 0. The van der Waals surface area contributed by atoms with E-state index in [1.54, 1.807) is 0 Å². The maximum atomic E-state index is 11.6. The first-order valence-electron chi connectivity index (χ1n) is 4.55. The van der Waals surface area contributed by atoms with E-state index in [4.69, 9.17) is 0 Å². The summed E-state index contributed by atoms with van der Waals surface area (Å²) in [7, 11) is 0. The van der Waals surface area contributed by atoms with E-state index >= 15 is 0 Å². The monoisotopic (exact) mass is 200 g/mol. The van der Waals surface area contributed by atoms with E-state index in [-0.39, 0.29) is 27.5 Å². The fourth-order valence-corrected chi connectivity index (χ4v) is 2.50. The lowest BCUT2D eigenvalue weighted by Crippen LogP contribution is -2.23. The molecule has 1 aliphatic rings. The fraction of sp³-hybridized carbons (Fsp3) is 0.800. The van der Waals surface area contributed by atoms with Crippen molar-refractivity contribution in [2.24, 2.45) is 11.3 Å². The summed E-state index contributed by atoms with van der Waals surface area (Å²) >= 11 is 1.19. The van der Waals surface area contributed by atoms with Crippen molar-refractivity contribution in [2.45, 2.75) is 39.4 Å². The molecule has 13 heavy (non-hydrogen) atoms. The van der Waals surface area contributed by atoms with Crippen LogP contribution in [0.15, 0.2) is 0 Å². The third-order valence-corrected chi connectivity index (χ3v) is 3.24. The average molecular weight is 200 g/mol. The van der Waals surface area contributed by atoms with Gasteiger partial charge in [0.1, 0.15) is 0 Å². The normalized spacial score (nSPS) is 29.8. The predicted molar refractivity (Wildman–Crippen MR) is 54.6 cm³/mol. The zero-order chi connectivity index (χ0) is 10.2. The minimum Gasteiger partial charge on any atom is -0.298 e. The Morgan fingerprint density at radius 1 is 1.31 bits per heavy atom. The number of ketones is 1. The van der Waals surface area contributed by atoms with Gasteiger partial charge in [-0.25, -0.2) is 0 Å². The van der Waals surface area contributed by atoms with Gasteiger partial charge in [-0.2, -0.15) is 0 Å². The number of Topliss-reactive ketones (excluding diaryl/α,β-unsaturated/α-hetero) is 1. The molecule has 0 bridgehead atoms. The highest BCUT2D eigenvalue weighted by Gasteiger charge is 2.41. The van der Waals surface area contributed by atoms with Crippen LogP contribution in [-0.2, 0) is 9.59 Å². The van der Waals surface area contributed by atoms with Crippen LogP contribution in [0.4, 0.5) is 0 Å². The molecule has 0 N–H and O–H groups in total. The summed E-state index contributed by atoms with van der Waals surface area (Å²) in [4.78, 5) is 23.0. The Morgan fingerprint density at radius 3 is 2.15 bits per heavy atom. The molecule has 0 saturated carbocycles. The van der Waals surface area contributed by atoms with Crippen LogP contribution in [0.25, 0.3) is 0 Å². The Kier molecular flexibility index (Phi) is 2.85. The molecule has 2 nitrogen and oxygen atoms in total. The first kappa shape index (κ1) is 10.8. The molecule has 1 fully saturated rings. The highest BCUT2D eigenvalue weighted by atomic mass is 32.2. The molecule has 0 aliphatic carbocycles. The molecule has 0 aromatic carbocycles. The Labute approximate surface area is 83.5 Å². The Hall–Kier alpha value is -0.310. The van der Waals surface area contributed by atoms with Gasteiger partial charge in [-0.3, -0.25) is 9.59 Å². The lowest BCUT2D eigenvalue weighted by Gasteiger charge is -2.20. The topological polar surface area (TPSA) is 34.1 Å². The van der Waals surface area contributed by atoms with Crippen molar-refractivity contribution in [3.63, 3.8) is 0 Å². The van der Waals surface area contributed by atoms with Gasteiger partial charge in [0, 0.05) is 0 Å². The highest BCUT2D eigenvalue weighted by Crippen LogP contribution is 2.36. The van der Waals surface area contributed by atoms with Crippen LogP contribution in [0, 0.1) is 11.3 Å². The molecule has 0 aromatic heterocycles. The van der Waals surface area contributed by atoms with E-state index in [2.05, 4.69) is 20.8 Å². The van der Waals surface area contributed by atoms with Crippen molar-refractivity contribution in [1.82, 2.24) is 0 Å². The molecular formula is C10H16O2S. The van der Waals surface area contributed by atoms with Crippen LogP contribution in [0.3, 0.4) is 0 Å². The summed E-state index contributed by atoms with van der Waals surface area (Å²) in [5.74, 6) is -0.232. The van der Waals surface area contributed by atoms with Crippen molar-refractivity contribution >= 4 is 22.7 Å². The second-order valence-corrected chi connectivity index (χ2v) is 6.14. The Morgan fingerprint density at radius 2 is 1.85 bits per heavy atom. The minimum absolute atomic E-state index is 0.0562. The summed E-state index contributed by atoms with van der Waals surface area (Å²) < 4.78 is 0. The van der Waals surface area contributed by atoms with E-state index < -0.39 is 0 Å². The maximum absolute atomic E-state index is 11.6. The van der Waals surface area contributed by atoms with E-state index in [0.717, 1.165) is 0 Å². The van der Waals surface area contributed by atoms with Crippen LogP contribution < -0.4 is 0 Å². The summed E-state index contributed by atoms with van der Waals surface area (Å²) in [6.07, 6.45) is 0.683. The lowest BCUT2D eigenvalue weighted by atomic mass is 9.83. The zero-order valence-corrected chi connectivity index (χ0v) is 9.40. The molecule has 74 valence electrons. The van der Waals surface area contributed by atoms with E-state index in [9.17, 15) is 9.59 Å². The highest BCUT2D eigenvalue weighted by molar-refractivity contribution is 8.15. The molecule has 1 rings (SSSR count). The second-order valence-electron chi connectivity index (χ2n) is 4.80. The van der Waals surface area contributed by atoms with Crippen LogP contribution in [-0.4, -0.2) is 16.1 Å². The minimum atomic E-state index is -0.347. The van der Waals surface area contributed by atoms with E-state index in [1.165, 1.54) is 11.8 Å². The molecule has 3 heteroatoms. The summed E-state index contributed by atoms with van der Waals surface area (Å²) in [6.45, 7) is 7.98. The Bertz CT molecular complexity index is 240.